The van der Waals surface area contributed by atoms with Crippen molar-refractivity contribution in [1.29, 1.82) is 0 Å². The molecule has 222 valence electrons. The normalized spacial score (nSPS) is 18.0. The summed E-state index contributed by atoms with van der Waals surface area (Å²) in [5.41, 5.74) is 3.81. The number of rotatable bonds is 9. The van der Waals surface area contributed by atoms with Crippen LogP contribution in [0.4, 0.5) is 5.82 Å². The molecule has 2 N–H and O–H groups in total. The van der Waals surface area contributed by atoms with E-state index in [2.05, 4.69) is 15.4 Å². The van der Waals surface area contributed by atoms with E-state index >= 15 is 0 Å². The molecule has 3 aromatic rings. The van der Waals surface area contributed by atoms with Crippen LogP contribution in [0.2, 0.25) is 5.02 Å². The summed E-state index contributed by atoms with van der Waals surface area (Å²) in [6.07, 6.45) is 2.36. The van der Waals surface area contributed by atoms with Crippen molar-refractivity contribution in [3.05, 3.63) is 40.2 Å². The lowest BCUT2D eigenvalue weighted by Crippen LogP contribution is -2.61. The Labute approximate surface area is 245 Å². The fourth-order valence-electron chi connectivity index (χ4n) is 5.70. The van der Waals surface area contributed by atoms with Crippen molar-refractivity contribution in [2.75, 3.05) is 57.5 Å². The largest absolute Gasteiger partial charge is 0.491 e. The van der Waals surface area contributed by atoms with Crippen molar-refractivity contribution >= 4 is 27.4 Å². The van der Waals surface area contributed by atoms with Crippen LogP contribution in [0.15, 0.2) is 22.7 Å². The number of halogens is 1. The molecule has 0 saturated carbocycles. The molecular formula is C28H37ClN6O5S. The van der Waals surface area contributed by atoms with Crippen molar-refractivity contribution in [2.24, 2.45) is 5.41 Å². The van der Waals surface area contributed by atoms with Gasteiger partial charge in [0, 0.05) is 49.3 Å². The topological polar surface area (TPSA) is 134 Å². The lowest BCUT2D eigenvalue weighted by Gasteiger charge is -2.53. The number of nitrogens with one attached hydrogen (secondary N) is 1. The number of aliphatic hydroxyl groups excluding tert-OH is 1. The number of likely N-dealkylation sites (N-methyl/N-ethyl adjacent to an activating group) is 1. The Morgan fingerprint density at radius 3 is 2.51 bits per heavy atom. The molecule has 1 atom stereocenters. The second kappa shape index (κ2) is 11.5. The lowest BCUT2D eigenvalue weighted by molar-refractivity contribution is 0.0441. The molecule has 41 heavy (non-hydrogen) atoms. The third kappa shape index (κ3) is 6.07. The van der Waals surface area contributed by atoms with Crippen LogP contribution in [0.25, 0.3) is 22.6 Å². The maximum absolute atomic E-state index is 12.0. The Morgan fingerprint density at radius 1 is 1.20 bits per heavy atom. The molecule has 2 aliphatic rings. The molecule has 0 unspecified atom stereocenters. The van der Waals surface area contributed by atoms with E-state index in [0.29, 0.717) is 47.6 Å². The van der Waals surface area contributed by atoms with Crippen molar-refractivity contribution in [2.45, 2.75) is 39.7 Å². The maximum Gasteiger partial charge on any atom is 0.211 e. The predicted molar refractivity (Wildman–Crippen MR) is 158 cm³/mol. The van der Waals surface area contributed by atoms with E-state index in [4.69, 9.17) is 30.8 Å². The van der Waals surface area contributed by atoms with Gasteiger partial charge in [0.05, 0.1) is 28.2 Å². The number of aromatic nitrogens is 3. The van der Waals surface area contributed by atoms with Gasteiger partial charge in [-0.15, -0.1) is 0 Å². The summed E-state index contributed by atoms with van der Waals surface area (Å²) in [6.45, 7) is 8.93. The van der Waals surface area contributed by atoms with Gasteiger partial charge >= 0.3 is 0 Å². The van der Waals surface area contributed by atoms with E-state index in [0.717, 1.165) is 54.3 Å². The number of nitrogens with zero attached hydrogens (tertiary/aromatic N) is 5. The van der Waals surface area contributed by atoms with Crippen LogP contribution in [-0.4, -0.2) is 91.7 Å². The number of aliphatic hydroxyl groups is 1. The first kappa shape index (κ1) is 29.7. The first-order valence-electron chi connectivity index (χ1n) is 13.7. The zero-order valence-electron chi connectivity index (χ0n) is 24.1. The molecule has 0 aliphatic carbocycles. The van der Waals surface area contributed by atoms with Gasteiger partial charge in [0.15, 0.2) is 5.82 Å². The molecule has 2 fully saturated rings. The van der Waals surface area contributed by atoms with Crippen LogP contribution in [0.5, 0.6) is 5.75 Å². The van der Waals surface area contributed by atoms with E-state index in [1.54, 1.807) is 29.6 Å². The average Bonchev–Trinajstić information content (AvgIpc) is 3.24. The first-order chi connectivity index (χ1) is 19.4. The number of sulfonamides is 1. The molecule has 0 bridgehead atoms. The number of hydrogen-bond acceptors (Lipinski definition) is 10. The second-order valence-corrected chi connectivity index (χ2v) is 13.6. The highest BCUT2D eigenvalue weighted by Crippen LogP contribution is 2.44. The van der Waals surface area contributed by atoms with Crippen LogP contribution < -0.4 is 15.0 Å². The Morgan fingerprint density at radius 2 is 1.90 bits per heavy atom. The molecule has 5 rings (SSSR count). The molecule has 4 heterocycles. The third-order valence-corrected chi connectivity index (χ3v) is 9.59. The van der Waals surface area contributed by atoms with Gasteiger partial charge < -0.3 is 24.6 Å². The minimum absolute atomic E-state index is 0.0146. The molecule has 1 aromatic carbocycles. The first-order valence-corrected chi connectivity index (χ1v) is 15.9. The van der Waals surface area contributed by atoms with Gasteiger partial charge in [-0.25, -0.2) is 22.7 Å². The number of piperidine rings is 1. The van der Waals surface area contributed by atoms with E-state index in [9.17, 15) is 13.5 Å². The smallest absolute Gasteiger partial charge is 0.211 e. The standard InChI is InChI=1S/C28H37ClN6O5S/c1-17-25(24-18(2)33-40-19(24)3)31-26(22-12-21(6-7-23(22)29)39-14-20(36)13-30-4)32-27(17)34-10-8-28(9-11-34)15-35(16-28)41(5,37)38/h6-7,12,20,30,36H,8-11,13-16H2,1-5H3/t20-/m0/s1. The highest BCUT2D eigenvalue weighted by Gasteiger charge is 2.48. The molecular weight excluding hydrogens is 568 g/mol. The molecule has 2 aliphatic heterocycles. The minimum atomic E-state index is -3.16. The van der Waals surface area contributed by atoms with Gasteiger partial charge in [-0.3, -0.25) is 0 Å². The number of aryl methyl sites for hydroxylation is 2. The number of benzene rings is 1. The van der Waals surface area contributed by atoms with Crippen LogP contribution in [0.3, 0.4) is 0 Å². The quantitative estimate of drug-likeness (QED) is 0.375. The zero-order valence-corrected chi connectivity index (χ0v) is 25.6. The Kier molecular flexibility index (Phi) is 8.32. The molecule has 13 heteroatoms. The molecule has 2 saturated heterocycles. The molecule has 0 radical (unpaired) electrons. The lowest BCUT2D eigenvalue weighted by atomic mass is 9.73. The van der Waals surface area contributed by atoms with E-state index < -0.39 is 16.1 Å². The van der Waals surface area contributed by atoms with Crippen molar-refractivity contribution in [3.8, 4) is 28.4 Å². The van der Waals surface area contributed by atoms with Crippen LogP contribution in [0, 0.1) is 26.2 Å². The monoisotopic (exact) mass is 604 g/mol. The number of ether oxygens (including phenoxy) is 1. The highest BCUT2D eigenvalue weighted by atomic mass is 35.5. The third-order valence-electron chi connectivity index (χ3n) is 8.07. The Balaban J connectivity index is 1.49. The molecule has 0 amide bonds. The van der Waals surface area contributed by atoms with Gasteiger partial charge in [-0.2, -0.15) is 0 Å². The van der Waals surface area contributed by atoms with Crippen molar-refractivity contribution in [3.63, 3.8) is 0 Å². The molecule has 11 nitrogen and oxygen atoms in total. The van der Waals surface area contributed by atoms with Crippen molar-refractivity contribution < 1.29 is 22.8 Å². The summed E-state index contributed by atoms with van der Waals surface area (Å²) in [6, 6.07) is 5.29. The SMILES string of the molecule is CNC[C@H](O)COc1ccc(Cl)c(-c2nc(-c3c(C)noc3C)c(C)c(N3CCC4(CC3)CN(S(C)(=O)=O)C4)n2)c1. The summed E-state index contributed by atoms with van der Waals surface area (Å²) in [4.78, 5) is 12.2. The van der Waals surface area contributed by atoms with Gasteiger partial charge in [-0.1, -0.05) is 16.8 Å². The van der Waals surface area contributed by atoms with E-state index in [1.165, 1.54) is 6.26 Å². The van der Waals surface area contributed by atoms with Crippen LogP contribution >= 0.6 is 11.6 Å². The van der Waals surface area contributed by atoms with Gasteiger partial charge in [0.1, 0.15) is 30.0 Å². The minimum Gasteiger partial charge on any atom is -0.491 e. The summed E-state index contributed by atoms with van der Waals surface area (Å²) in [5, 5.41) is 17.6. The van der Waals surface area contributed by atoms with Gasteiger partial charge in [-0.05, 0) is 58.9 Å². The summed E-state index contributed by atoms with van der Waals surface area (Å²) < 4.78 is 36.8. The van der Waals surface area contributed by atoms with Gasteiger partial charge in [0.2, 0.25) is 10.0 Å². The summed E-state index contributed by atoms with van der Waals surface area (Å²) in [5.74, 6) is 2.45. The maximum atomic E-state index is 12.0. The fourth-order valence-corrected chi connectivity index (χ4v) is 6.91. The average molecular weight is 605 g/mol. The van der Waals surface area contributed by atoms with Crippen molar-refractivity contribution in [1.82, 2.24) is 24.7 Å². The van der Waals surface area contributed by atoms with Crippen LogP contribution in [0.1, 0.15) is 29.9 Å². The zero-order chi connectivity index (χ0) is 29.5. The second-order valence-electron chi connectivity index (χ2n) is 11.2. The molecule has 1 spiro atoms. The fraction of sp³-hybridized carbons (Fsp3) is 0.536. The highest BCUT2D eigenvalue weighted by molar-refractivity contribution is 7.88. The number of anilines is 1. The predicted octanol–water partition coefficient (Wildman–Crippen LogP) is 3.20. The Hall–Kier alpha value is -2.77. The van der Waals surface area contributed by atoms with Gasteiger partial charge in [0.25, 0.3) is 0 Å². The van der Waals surface area contributed by atoms with E-state index in [1.807, 2.05) is 20.8 Å². The summed E-state index contributed by atoms with van der Waals surface area (Å²) >= 11 is 6.68. The van der Waals surface area contributed by atoms with Crippen LogP contribution in [-0.2, 0) is 10.0 Å². The van der Waals surface area contributed by atoms with E-state index in [-0.39, 0.29) is 12.0 Å². The summed E-state index contributed by atoms with van der Waals surface area (Å²) in [7, 11) is -1.40. The molecule has 2 aromatic heterocycles. The Bertz CT molecular complexity index is 1510. The number of hydrogen-bond donors (Lipinski definition) is 2.